The van der Waals surface area contributed by atoms with Gasteiger partial charge >= 0.3 is 0 Å². The molecule has 0 bridgehead atoms. The van der Waals surface area contributed by atoms with Gasteiger partial charge in [-0.25, -0.2) is 0 Å². The van der Waals surface area contributed by atoms with Crippen LogP contribution in [0.1, 0.15) is 47.0 Å². The number of carbonyl (C=O) groups is 1. The van der Waals surface area contributed by atoms with Gasteiger partial charge in [-0.05, 0) is 45.6 Å². The maximum atomic E-state index is 13.0. The van der Waals surface area contributed by atoms with Crippen molar-refractivity contribution in [3.05, 3.63) is 0 Å². The molecule has 0 unspecified atom stereocenters. The van der Waals surface area contributed by atoms with Crippen LogP contribution in [-0.2, 0) is 4.79 Å². The summed E-state index contributed by atoms with van der Waals surface area (Å²) < 4.78 is 0. The van der Waals surface area contributed by atoms with E-state index in [0.717, 1.165) is 39.1 Å². The third-order valence-corrected chi connectivity index (χ3v) is 5.75. The van der Waals surface area contributed by atoms with Crippen LogP contribution in [0.5, 0.6) is 0 Å². The van der Waals surface area contributed by atoms with Crippen molar-refractivity contribution in [3.8, 4) is 0 Å². The zero-order valence-corrected chi connectivity index (χ0v) is 14.8. The minimum atomic E-state index is 0.204. The summed E-state index contributed by atoms with van der Waals surface area (Å²) >= 11 is 0. The fraction of sp³-hybridized carbons (Fsp3) is 0.944. The van der Waals surface area contributed by atoms with E-state index in [0.29, 0.717) is 17.9 Å². The average molecular weight is 307 g/mol. The van der Waals surface area contributed by atoms with Gasteiger partial charge in [0.2, 0.25) is 5.91 Å². The van der Waals surface area contributed by atoms with Gasteiger partial charge in [-0.2, -0.15) is 0 Å². The molecule has 0 aromatic rings. The summed E-state index contributed by atoms with van der Waals surface area (Å²) in [6.07, 6.45) is 3.49. The molecular formula is C18H33N3O. The molecule has 3 aliphatic rings. The highest BCUT2D eigenvalue weighted by Gasteiger charge is 2.54. The summed E-state index contributed by atoms with van der Waals surface area (Å²) in [5, 5.41) is 0. The molecule has 4 nitrogen and oxygen atoms in total. The summed E-state index contributed by atoms with van der Waals surface area (Å²) in [4.78, 5) is 20.3. The molecule has 1 amide bonds. The normalized spacial score (nSPS) is 29.0. The molecule has 3 rings (SSSR count). The monoisotopic (exact) mass is 307 g/mol. The highest BCUT2D eigenvalue weighted by atomic mass is 16.2. The SMILES string of the molecule is CC(C)CN1CCN(C(=O)[C@@H]2CCN(C(C)C)C2)C2(CC2)C1. The molecule has 2 heterocycles. The minimum absolute atomic E-state index is 0.204. The Morgan fingerprint density at radius 3 is 2.41 bits per heavy atom. The molecule has 4 heteroatoms. The number of rotatable bonds is 4. The Kier molecular flexibility index (Phi) is 4.52. The number of nitrogens with zero attached hydrogens (tertiary/aromatic N) is 3. The predicted molar refractivity (Wildman–Crippen MR) is 89.8 cm³/mol. The third-order valence-electron chi connectivity index (χ3n) is 5.75. The molecule has 2 saturated heterocycles. The quantitative estimate of drug-likeness (QED) is 0.795. The van der Waals surface area contributed by atoms with E-state index in [1.54, 1.807) is 0 Å². The molecule has 126 valence electrons. The van der Waals surface area contributed by atoms with Gasteiger partial charge in [-0.1, -0.05) is 13.8 Å². The van der Waals surface area contributed by atoms with Crippen LogP contribution in [-0.4, -0.2) is 71.5 Å². The van der Waals surface area contributed by atoms with Crippen LogP contribution in [0.3, 0.4) is 0 Å². The lowest BCUT2D eigenvalue weighted by Crippen LogP contribution is -2.58. The van der Waals surface area contributed by atoms with Gasteiger partial charge in [0.15, 0.2) is 0 Å². The summed E-state index contributed by atoms with van der Waals surface area (Å²) in [5.74, 6) is 1.41. The van der Waals surface area contributed by atoms with Crippen molar-refractivity contribution in [2.24, 2.45) is 11.8 Å². The first-order valence-corrected chi connectivity index (χ1v) is 9.19. The van der Waals surface area contributed by atoms with Gasteiger partial charge in [0.25, 0.3) is 0 Å². The predicted octanol–water partition coefficient (Wildman–Crippen LogP) is 2.05. The Bertz CT molecular complexity index is 417. The Morgan fingerprint density at radius 2 is 1.86 bits per heavy atom. The van der Waals surface area contributed by atoms with Crippen LogP contribution in [0, 0.1) is 11.8 Å². The number of carbonyl (C=O) groups excluding carboxylic acids is 1. The zero-order chi connectivity index (χ0) is 15.9. The van der Waals surface area contributed by atoms with Crippen molar-refractivity contribution in [2.75, 3.05) is 39.3 Å². The topological polar surface area (TPSA) is 26.8 Å². The molecule has 1 saturated carbocycles. The van der Waals surface area contributed by atoms with Crippen molar-refractivity contribution in [1.29, 1.82) is 0 Å². The van der Waals surface area contributed by atoms with Gasteiger partial charge in [0, 0.05) is 38.8 Å². The third kappa shape index (κ3) is 3.18. The molecule has 2 aliphatic heterocycles. The Balaban J connectivity index is 1.60. The summed E-state index contributed by atoms with van der Waals surface area (Å²) in [7, 11) is 0. The molecule has 0 radical (unpaired) electrons. The lowest BCUT2D eigenvalue weighted by molar-refractivity contribution is -0.141. The second-order valence-corrected chi connectivity index (χ2v) is 8.42. The van der Waals surface area contributed by atoms with Gasteiger partial charge < -0.3 is 9.80 Å². The van der Waals surface area contributed by atoms with E-state index >= 15 is 0 Å². The number of likely N-dealkylation sites (tertiary alicyclic amines) is 1. The van der Waals surface area contributed by atoms with Gasteiger partial charge in [0.1, 0.15) is 0 Å². The summed E-state index contributed by atoms with van der Waals surface area (Å²) in [5.41, 5.74) is 0.204. The second kappa shape index (κ2) is 6.12. The summed E-state index contributed by atoms with van der Waals surface area (Å²) in [6, 6.07) is 0.565. The van der Waals surface area contributed by atoms with Gasteiger partial charge in [-0.15, -0.1) is 0 Å². The van der Waals surface area contributed by atoms with Crippen LogP contribution in [0.4, 0.5) is 0 Å². The van der Waals surface area contributed by atoms with Crippen LogP contribution < -0.4 is 0 Å². The molecule has 1 aliphatic carbocycles. The maximum absolute atomic E-state index is 13.0. The van der Waals surface area contributed by atoms with E-state index in [9.17, 15) is 4.79 Å². The highest BCUT2D eigenvalue weighted by Crippen LogP contribution is 2.45. The van der Waals surface area contributed by atoms with E-state index in [4.69, 9.17) is 0 Å². The van der Waals surface area contributed by atoms with Crippen molar-refractivity contribution < 1.29 is 4.79 Å². The maximum Gasteiger partial charge on any atom is 0.227 e. The minimum Gasteiger partial charge on any atom is -0.334 e. The fourth-order valence-corrected chi connectivity index (χ4v) is 4.33. The Labute approximate surface area is 135 Å². The zero-order valence-electron chi connectivity index (χ0n) is 14.8. The molecule has 0 aromatic heterocycles. The van der Waals surface area contributed by atoms with E-state index in [1.165, 1.54) is 19.4 Å². The van der Waals surface area contributed by atoms with E-state index in [2.05, 4.69) is 42.4 Å². The lowest BCUT2D eigenvalue weighted by Gasteiger charge is -2.43. The van der Waals surface area contributed by atoms with Crippen molar-refractivity contribution in [1.82, 2.24) is 14.7 Å². The molecule has 1 spiro atoms. The fourth-order valence-electron chi connectivity index (χ4n) is 4.33. The standard InChI is InChI=1S/C18H33N3O/c1-14(2)11-19-9-10-21(18(13-19)6-7-18)17(22)16-5-8-20(12-16)15(3)4/h14-16H,5-13H2,1-4H3/t16-/m1/s1. The summed E-state index contributed by atoms with van der Waals surface area (Å²) in [6.45, 7) is 15.4. The Morgan fingerprint density at radius 1 is 1.14 bits per heavy atom. The van der Waals surface area contributed by atoms with E-state index in [-0.39, 0.29) is 11.5 Å². The smallest absolute Gasteiger partial charge is 0.227 e. The first-order chi connectivity index (χ1) is 10.4. The number of piperazine rings is 1. The van der Waals surface area contributed by atoms with E-state index < -0.39 is 0 Å². The molecule has 3 fully saturated rings. The average Bonchev–Trinajstić information content (AvgIpc) is 3.03. The molecule has 0 aromatic carbocycles. The first kappa shape index (κ1) is 16.3. The molecular weight excluding hydrogens is 274 g/mol. The highest BCUT2D eigenvalue weighted by molar-refractivity contribution is 5.81. The van der Waals surface area contributed by atoms with Crippen LogP contribution >= 0.6 is 0 Å². The van der Waals surface area contributed by atoms with E-state index in [1.807, 2.05) is 0 Å². The largest absolute Gasteiger partial charge is 0.334 e. The molecule has 22 heavy (non-hydrogen) atoms. The Hall–Kier alpha value is -0.610. The van der Waals surface area contributed by atoms with Gasteiger partial charge in [0.05, 0.1) is 11.5 Å². The number of hydrogen-bond donors (Lipinski definition) is 0. The van der Waals surface area contributed by atoms with Crippen LogP contribution in [0.15, 0.2) is 0 Å². The first-order valence-electron chi connectivity index (χ1n) is 9.19. The number of hydrogen-bond acceptors (Lipinski definition) is 3. The second-order valence-electron chi connectivity index (χ2n) is 8.42. The molecule has 1 atom stereocenters. The van der Waals surface area contributed by atoms with Crippen molar-refractivity contribution in [3.63, 3.8) is 0 Å². The van der Waals surface area contributed by atoms with Crippen LogP contribution in [0.25, 0.3) is 0 Å². The van der Waals surface area contributed by atoms with Crippen molar-refractivity contribution >= 4 is 5.91 Å². The van der Waals surface area contributed by atoms with Gasteiger partial charge in [-0.3, -0.25) is 9.69 Å². The molecule has 0 N–H and O–H groups in total. The van der Waals surface area contributed by atoms with Crippen molar-refractivity contribution in [2.45, 2.75) is 58.5 Å². The van der Waals surface area contributed by atoms with Crippen LogP contribution in [0.2, 0.25) is 0 Å². The lowest BCUT2D eigenvalue weighted by atomic mass is 10.0. The number of amides is 1.